The second-order valence-electron chi connectivity index (χ2n) is 5.83. The lowest BCUT2D eigenvalue weighted by atomic mass is 10.1. The lowest BCUT2D eigenvalue weighted by Crippen LogP contribution is -2.32. The van der Waals surface area contributed by atoms with Gasteiger partial charge in [0.2, 0.25) is 0 Å². The van der Waals surface area contributed by atoms with Crippen LogP contribution in [0.3, 0.4) is 0 Å². The molecule has 0 bridgehead atoms. The van der Waals surface area contributed by atoms with Crippen LogP contribution in [-0.2, 0) is 4.74 Å². The van der Waals surface area contributed by atoms with Crippen molar-refractivity contribution < 1.29 is 23.5 Å². The van der Waals surface area contributed by atoms with Gasteiger partial charge in [0.1, 0.15) is 11.5 Å². The van der Waals surface area contributed by atoms with Crippen LogP contribution in [0.2, 0.25) is 0 Å². The molecule has 28 heavy (non-hydrogen) atoms. The molecule has 0 saturated carbocycles. The number of carbonyl (C=O) groups excluding carboxylic acids is 2. The molecular formula is C21H18FNO4S. The molecule has 3 rings (SSSR count). The van der Waals surface area contributed by atoms with Crippen LogP contribution in [0.5, 0.6) is 5.75 Å². The second kappa shape index (κ2) is 9.14. The number of nitrogens with one attached hydrogen (secondary N) is 1. The minimum atomic E-state index is -0.503. The lowest BCUT2D eigenvalue weighted by molar-refractivity contribution is 0.0606. The van der Waals surface area contributed by atoms with Crippen molar-refractivity contribution in [3.05, 3.63) is 87.9 Å². The number of para-hydroxylation sites is 1. The first-order chi connectivity index (χ1) is 13.6. The maximum absolute atomic E-state index is 13.8. The monoisotopic (exact) mass is 399 g/mol. The summed E-state index contributed by atoms with van der Waals surface area (Å²) in [5.74, 6) is -1.21. The number of benzene rings is 2. The number of ether oxygens (including phenoxy) is 2. The van der Waals surface area contributed by atoms with Crippen LogP contribution in [0.15, 0.2) is 66.7 Å². The van der Waals surface area contributed by atoms with Crippen LogP contribution in [-0.4, -0.2) is 25.6 Å². The average Bonchev–Trinajstić information content (AvgIpc) is 3.22. The maximum atomic E-state index is 13.8. The van der Waals surface area contributed by atoms with Crippen LogP contribution in [0.25, 0.3) is 0 Å². The molecule has 1 atom stereocenters. The second-order valence-corrected chi connectivity index (χ2v) is 6.92. The van der Waals surface area contributed by atoms with Crippen molar-refractivity contribution in [1.82, 2.24) is 5.32 Å². The molecule has 1 amide bonds. The van der Waals surface area contributed by atoms with Crippen molar-refractivity contribution in [3.63, 3.8) is 0 Å². The number of thiophene rings is 1. The van der Waals surface area contributed by atoms with Crippen LogP contribution >= 0.6 is 11.3 Å². The van der Waals surface area contributed by atoms with Crippen LogP contribution in [0, 0.1) is 5.82 Å². The van der Waals surface area contributed by atoms with E-state index in [0.29, 0.717) is 9.75 Å². The first-order valence-electron chi connectivity index (χ1n) is 8.49. The van der Waals surface area contributed by atoms with Gasteiger partial charge in [-0.15, -0.1) is 11.3 Å². The molecule has 0 aliphatic rings. The van der Waals surface area contributed by atoms with Crippen LogP contribution in [0.4, 0.5) is 4.39 Å². The molecule has 0 spiro atoms. The highest BCUT2D eigenvalue weighted by Crippen LogP contribution is 2.22. The number of esters is 1. The van der Waals surface area contributed by atoms with Crippen molar-refractivity contribution in [1.29, 1.82) is 0 Å². The summed E-state index contributed by atoms with van der Waals surface area (Å²) in [4.78, 5) is 24.9. The average molecular weight is 399 g/mol. The summed E-state index contributed by atoms with van der Waals surface area (Å²) in [5.41, 5.74) is 0.817. The summed E-state index contributed by atoms with van der Waals surface area (Å²) in [6.07, 6.45) is 0. The normalized spacial score (nSPS) is 11.5. The highest BCUT2D eigenvalue weighted by atomic mass is 32.1. The van der Waals surface area contributed by atoms with Gasteiger partial charge >= 0.3 is 5.97 Å². The largest absolute Gasteiger partial charge is 0.488 e. The first kappa shape index (κ1) is 19.6. The van der Waals surface area contributed by atoms with Crippen LogP contribution < -0.4 is 10.1 Å². The van der Waals surface area contributed by atoms with Gasteiger partial charge in [-0.2, -0.15) is 0 Å². The number of halogens is 1. The number of carbonyl (C=O) groups is 2. The Morgan fingerprint density at radius 3 is 2.39 bits per heavy atom. The Labute approximate surface area is 165 Å². The predicted octanol–water partition coefficient (Wildman–Crippen LogP) is 4.22. The van der Waals surface area contributed by atoms with Gasteiger partial charge in [0.05, 0.1) is 18.0 Å². The van der Waals surface area contributed by atoms with E-state index in [1.807, 2.05) is 30.3 Å². The fourth-order valence-corrected chi connectivity index (χ4v) is 3.37. The zero-order valence-corrected chi connectivity index (χ0v) is 15.9. The molecular weight excluding hydrogens is 381 g/mol. The third kappa shape index (κ3) is 4.75. The predicted molar refractivity (Wildman–Crippen MR) is 104 cm³/mol. The summed E-state index contributed by atoms with van der Waals surface area (Å²) in [7, 11) is 1.29. The van der Waals surface area contributed by atoms with E-state index in [1.165, 1.54) is 19.2 Å². The molecule has 0 radical (unpaired) electrons. The fraction of sp³-hybridized carbons (Fsp3) is 0.143. The minimum Gasteiger partial charge on any atom is -0.488 e. The highest BCUT2D eigenvalue weighted by molar-refractivity contribution is 7.15. The Morgan fingerprint density at radius 2 is 1.68 bits per heavy atom. The smallest absolute Gasteiger partial charge is 0.348 e. The Hall–Kier alpha value is -3.19. The van der Waals surface area contributed by atoms with E-state index in [-0.39, 0.29) is 18.3 Å². The molecule has 5 nitrogen and oxygen atoms in total. The summed E-state index contributed by atoms with van der Waals surface area (Å²) < 4.78 is 24.1. The summed E-state index contributed by atoms with van der Waals surface area (Å²) in [5, 5.41) is 2.88. The van der Waals surface area contributed by atoms with E-state index >= 15 is 0 Å². The number of rotatable bonds is 7. The molecule has 1 unspecified atom stereocenters. The standard InChI is InChI=1S/C21H18FNO4S/c1-26-21(25)19-12-11-18(28-19)20(24)23-16(14-7-3-2-4-8-14)13-27-17-10-6-5-9-15(17)22/h2-12,16H,13H2,1H3,(H,23,24). The van der Waals surface area contributed by atoms with Crippen molar-refractivity contribution in [2.24, 2.45) is 0 Å². The van der Waals surface area contributed by atoms with Gasteiger partial charge in [0.15, 0.2) is 11.6 Å². The highest BCUT2D eigenvalue weighted by Gasteiger charge is 2.20. The van der Waals surface area contributed by atoms with Gasteiger partial charge in [0, 0.05) is 0 Å². The Bertz CT molecular complexity index is 958. The fourth-order valence-electron chi connectivity index (χ4n) is 2.54. The van der Waals surface area contributed by atoms with E-state index in [1.54, 1.807) is 24.3 Å². The van der Waals surface area contributed by atoms with Crippen molar-refractivity contribution in [3.8, 4) is 5.75 Å². The number of methoxy groups -OCH3 is 1. The molecule has 3 aromatic rings. The number of hydrogen-bond acceptors (Lipinski definition) is 5. The zero-order valence-electron chi connectivity index (χ0n) is 15.1. The molecule has 2 aromatic carbocycles. The SMILES string of the molecule is COC(=O)c1ccc(C(=O)NC(COc2ccccc2F)c2ccccc2)s1. The molecule has 0 aliphatic heterocycles. The Kier molecular flexibility index (Phi) is 6.39. The third-order valence-electron chi connectivity index (χ3n) is 3.97. The molecule has 144 valence electrons. The third-order valence-corrected chi connectivity index (χ3v) is 5.03. The quantitative estimate of drug-likeness (QED) is 0.604. The minimum absolute atomic E-state index is 0.0475. The Balaban J connectivity index is 1.75. The van der Waals surface area contributed by atoms with E-state index < -0.39 is 17.8 Å². The van der Waals surface area contributed by atoms with E-state index in [4.69, 9.17) is 4.74 Å². The van der Waals surface area contributed by atoms with Crippen LogP contribution in [0.1, 0.15) is 30.9 Å². The lowest BCUT2D eigenvalue weighted by Gasteiger charge is -2.19. The molecule has 1 N–H and O–H groups in total. The van der Waals surface area contributed by atoms with Gasteiger partial charge in [0.25, 0.3) is 5.91 Å². The van der Waals surface area contributed by atoms with Gasteiger partial charge in [-0.3, -0.25) is 4.79 Å². The van der Waals surface area contributed by atoms with Gasteiger partial charge in [-0.25, -0.2) is 9.18 Å². The van der Waals surface area contributed by atoms with E-state index in [9.17, 15) is 14.0 Å². The number of amides is 1. The first-order valence-corrected chi connectivity index (χ1v) is 9.31. The summed E-state index contributed by atoms with van der Waals surface area (Å²) in [6.45, 7) is 0.0475. The van der Waals surface area contributed by atoms with E-state index in [2.05, 4.69) is 10.1 Å². The Morgan fingerprint density at radius 1 is 1.00 bits per heavy atom. The van der Waals surface area contributed by atoms with Gasteiger partial charge < -0.3 is 14.8 Å². The molecule has 1 aromatic heterocycles. The van der Waals surface area contributed by atoms with E-state index in [0.717, 1.165) is 16.9 Å². The molecule has 0 saturated heterocycles. The molecule has 0 fully saturated rings. The van der Waals surface area contributed by atoms with Crippen molar-refractivity contribution >= 4 is 23.2 Å². The summed E-state index contributed by atoms with van der Waals surface area (Å²) >= 11 is 1.04. The summed E-state index contributed by atoms with van der Waals surface area (Å²) in [6, 6.07) is 17.9. The maximum Gasteiger partial charge on any atom is 0.348 e. The van der Waals surface area contributed by atoms with Crippen molar-refractivity contribution in [2.45, 2.75) is 6.04 Å². The van der Waals surface area contributed by atoms with Crippen molar-refractivity contribution in [2.75, 3.05) is 13.7 Å². The zero-order chi connectivity index (χ0) is 19.9. The number of hydrogen-bond donors (Lipinski definition) is 1. The molecule has 0 aliphatic carbocycles. The van der Waals surface area contributed by atoms with Gasteiger partial charge in [-0.1, -0.05) is 42.5 Å². The topological polar surface area (TPSA) is 64.6 Å². The molecule has 7 heteroatoms. The van der Waals surface area contributed by atoms with Gasteiger partial charge in [-0.05, 0) is 29.8 Å². The molecule has 1 heterocycles.